The fourth-order valence-electron chi connectivity index (χ4n) is 3.03. The molecule has 0 aliphatic heterocycles. The maximum atomic E-state index is 14.2. The summed E-state index contributed by atoms with van der Waals surface area (Å²) in [5.74, 6) is -1.49. The second kappa shape index (κ2) is 7.16. The quantitative estimate of drug-likeness (QED) is 0.503. The summed E-state index contributed by atoms with van der Waals surface area (Å²) in [4.78, 5) is 19.4. The van der Waals surface area contributed by atoms with Gasteiger partial charge >= 0.3 is 0 Å². The van der Waals surface area contributed by atoms with Gasteiger partial charge in [-0.2, -0.15) is 13.8 Å². The van der Waals surface area contributed by atoms with Gasteiger partial charge in [-0.05, 0) is 57.1 Å². The highest BCUT2D eigenvalue weighted by Gasteiger charge is 2.27. The third-order valence-electron chi connectivity index (χ3n) is 4.69. The van der Waals surface area contributed by atoms with Gasteiger partial charge in [-0.25, -0.2) is 9.97 Å². The number of rotatable bonds is 4. The third kappa shape index (κ3) is 3.63. The van der Waals surface area contributed by atoms with Gasteiger partial charge in [0.25, 0.3) is 0 Å². The zero-order valence-corrected chi connectivity index (χ0v) is 15.7. The molecular weight excluding hydrogens is 372 g/mol. The van der Waals surface area contributed by atoms with Crippen LogP contribution in [0, 0.1) is 18.7 Å². The molecular formula is C22H19F2N5. The normalized spacial score (nSPS) is 13.6. The smallest absolute Gasteiger partial charge is 0.224 e. The molecule has 1 N–H and O–H groups in total. The van der Waals surface area contributed by atoms with Gasteiger partial charge in [0.15, 0.2) is 5.82 Å². The van der Waals surface area contributed by atoms with Crippen LogP contribution in [0.3, 0.4) is 0 Å². The Morgan fingerprint density at radius 3 is 2.24 bits per heavy atom. The number of hydrogen-bond donors (Lipinski definition) is 1. The van der Waals surface area contributed by atoms with Crippen molar-refractivity contribution in [2.45, 2.75) is 26.1 Å². The second-order valence-corrected chi connectivity index (χ2v) is 7.06. The fourth-order valence-corrected chi connectivity index (χ4v) is 3.03. The highest BCUT2D eigenvalue weighted by atomic mass is 19.1. The highest BCUT2D eigenvalue weighted by Crippen LogP contribution is 2.31. The molecule has 0 fully saturated rings. The minimum absolute atomic E-state index is 0.0308. The van der Waals surface area contributed by atoms with Gasteiger partial charge in [0, 0.05) is 21.4 Å². The monoisotopic (exact) mass is 394 g/mol. The molecule has 5 nitrogen and oxygen atoms in total. The summed E-state index contributed by atoms with van der Waals surface area (Å²) in [6, 6.07) is 12.9. The van der Waals surface area contributed by atoms with Gasteiger partial charge in [0.2, 0.25) is 11.9 Å². The molecule has 0 aromatic carbocycles. The Morgan fingerprint density at radius 2 is 1.59 bits per heavy atom. The molecule has 7 heteroatoms. The maximum Gasteiger partial charge on any atom is 0.224 e. The van der Waals surface area contributed by atoms with Crippen molar-refractivity contribution in [3.05, 3.63) is 83.7 Å². The molecule has 0 aliphatic carbocycles. The van der Waals surface area contributed by atoms with E-state index in [-0.39, 0.29) is 11.3 Å². The molecule has 0 radical (unpaired) electrons. The van der Waals surface area contributed by atoms with Crippen LogP contribution in [0.15, 0.2) is 54.7 Å². The van der Waals surface area contributed by atoms with Gasteiger partial charge in [-0.15, -0.1) is 0 Å². The molecule has 0 aliphatic rings. The topological polar surface area (TPSA) is 67.3 Å². The van der Waals surface area contributed by atoms with Gasteiger partial charge in [0.05, 0.1) is 22.6 Å². The predicted molar refractivity (Wildman–Crippen MR) is 106 cm³/mol. The molecule has 146 valence electrons. The summed E-state index contributed by atoms with van der Waals surface area (Å²) in [5.41, 5.74) is 1.52. The first-order valence-electron chi connectivity index (χ1n) is 10.4. The Balaban J connectivity index is 1.71. The van der Waals surface area contributed by atoms with Crippen LogP contribution < -0.4 is 0 Å². The van der Waals surface area contributed by atoms with E-state index < -0.39 is 24.2 Å². The molecule has 0 saturated carbocycles. The Labute approximate surface area is 171 Å². The summed E-state index contributed by atoms with van der Waals surface area (Å²) in [6.45, 7) is 1.54. The number of H-pyrrole nitrogens is 1. The molecule has 4 aromatic rings. The summed E-state index contributed by atoms with van der Waals surface area (Å²) >= 11 is 0. The van der Waals surface area contributed by atoms with E-state index in [4.69, 9.17) is 4.11 Å². The van der Waals surface area contributed by atoms with Crippen LogP contribution in [-0.2, 0) is 5.41 Å². The zero-order chi connectivity index (χ0) is 23.1. The van der Waals surface area contributed by atoms with Crippen LogP contribution in [-0.4, -0.2) is 24.9 Å². The maximum absolute atomic E-state index is 14.2. The number of aryl methyl sites for hydroxylation is 1. The summed E-state index contributed by atoms with van der Waals surface area (Å²) < 4.78 is 49.8. The number of pyridine rings is 3. The van der Waals surface area contributed by atoms with Gasteiger partial charge in [-0.3, -0.25) is 4.98 Å². The Hall–Kier alpha value is -3.48. The van der Waals surface area contributed by atoms with E-state index in [9.17, 15) is 8.78 Å². The summed E-state index contributed by atoms with van der Waals surface area (Å²) in [5, 5.41) is 0. The molecule has 4 aromatic heterocycles. The lowest BCUT2D eigenvalue weighted by molar-refractivity contribution is 0.514. The number of halogens is 2. The summed E-state index contributed by atoms with van der Waals surface area (Å²) in [7, 11) is 0. The van der Waals surface area contributed by atoms with Crippen molar-refractivity contribution in [1.29, 1.82) is 0 Å². The lowest BCUT2D eigenvalue weighted by Gasteiger charge is -2.24. The first-order valence-corrected chi connectivity index (χ1v) is 8.89. The number of imidazole rings is 1. The van der Waals surface area contributed by atoms with Crippen LogP contribution in [0.4, 0.5) is 8.78 Å². The largest absolute Gasteiger partial charge is 0.341 e. The third-order valence-corrected chi connectivity index (χ3v) is 4.69. The number of nitrogens with one attached hydrogen (secondary N) is 1. The number of hydrogen-bond acceptors (Lipinski definition) is 4. The van der Waals surface area contributed by atoms with Crippen molar-refractivity contribution >= 4 is 0 Å². The molecule has 0 saturated heterocycles. The van der Waals surface area contributed by atoms with E-state index in [1.165, 1.54) is 12.3 Å². The van der Waals surface area contributed by atoms with E-state index in [2.05, 4.69) is 24.9 Å². The molecule has 0 spiro atoms. The van der Waals surface area contributed by atoms with Gasteiger partial charge < -0.3 is 4.98 Å². The fraction of sp³-hybridized carbons (Fsp3) is 0.182. The van der Waals surface area contributed by atoms with Crippen molar-refractivity contribution in [3.8, 4) is 22.8 Å². The summed E-state index contributed by atoms with van der Waals surface area (Å²) in [6.07, 6.45) is 1.28. The standard InChI is InChI=1S/C22H19F2N5/c1-13-12-25-21(26-13)16-7-5-9-18(28-16)22(2,3)17-8-4-6-15(27-17)14-10-11-19(23)29-20(14)24/h4-12H,1-3H3,(H,25,26)/i1D3. The van der Waals surface area contributed by atoms with Crippen LogP contribution in [0.25, 0.3) is 22.8 Å². The van der Waals surface area contributed by atoms with E-state index in [1.807, 2.05) is 19.9 Å². The van der Waals surface area contributed by atoms with Gasteiger partial charge in [0.1, 0.15) is 5.69 Å². The SMILES string of the molecule is [2H]C([2H])([2H])c1cnc(-c2cccc(C(C)(C)c3cccc(-c4ccc(F)nc4F)n3)n2)[nH]1. The predicted octanol–water partition coefficient (Wildman–Crippen LogP) is 4.84. The van der Waals surface area contributed by atoms with Crippen molar-refractivity contribution < 1.29 is 12.9 Å². The van der Waals surface area contributed by atoms with E-state index in [0.29, 0.717) is 28.6 Å². The average molecular weight is 394 g/mol. The van der Waals surface area contributed by atoms with Crippen LogP contribution in [0.1, 0.15) is 35.0 Å². The lowest BCUT2D eigenvalue weighted by atomic mass is 9.84. The van der Waals surface area contributed by atoms with E-state index >= 15 is 0 Å². The van der Waals surface area contributed by atoms with Gasteiger partial charge in [-0.1, -0.05) is 12.1 Å². The molecule has 4 rings (SSSR count). The minimum atomic E-state index is -2.29. The Bertz CT molecular complexity index is 1280. The van der Waals surface area contributed by atoms with Crippen LogP contribution in [0.2, 0.25) is 0 Å². The first-order chi connectivity index (χ1) is 15.1. The zero-order valence-electron chi connectivity index (χ0n) is 18.7. The average Bonchev–Trinajstić information content (AvgIpc) is 3.25. The van der Waals surface area contributed by atoms with E-state index in [1.54, 1.807) is 30.3 Å². The molecule has 0 atom stereocenters. The van der Waals surface area contributed by atoms with Crippen LogP contribution in [0.5, 0.6) is 0 Å². The molecule has 29 heavy (non-hydrogen) atoms. The molecule has 0 bridgehead atoms. The molecule has 0 amide bonds. The highest BCUT2D eigenvalue weighted by molar-refractivity contribution is 5.59. The lowest BCUT2D eigenvalue weighted by Crippen LogP contribution is -2.22. The molecule has 0 unspecified atom stereocenters. The number of nitrogens with zero attached hydrogens (tertiary/aromatic N) is 4. The first kappa shape index (κ1) is 15.4. The number of aromatic amines is 1. The second-order valence-electron chi connectivity index (χ2n) is 7.06. The Morgan fingerprint density at radius 1 is 0.897 bits per heavy atom. The van der Waals surface area contributed by atoms with E-state index in [0.717, 1.165) is 6.07 Å². The van der Waals surface area contributed by atoms with Crippen molar-refractivity contribution in [3.63, 3.8) is 0 Å². The number of aromatic nitrogens is 5. The molecule has 4 heterocycles. The van der Waals surface area contributed by atoms with Crippen molar-refractivity contribution in [2.24, 2.45) is 0 Å². The van der Waals surface area contributed by atoms with Crippen LogP contribution >= 0.6 is 0 Å². The Kier molecular flexibility index (Phi) is 3.81. The van der Waals surface area contributed by atoms with Crippen molar-refractivity contribution in [2.75, 3.05) is 0 Å². The van der Waals surface area contributed by atoms with Crippen molar-refractivity contribution in [1.82, 2.24) is 24.9 Å². The minimum Gasteiger partial charge on any atom is -0.341 e.